The SMILES string of the molecule is CC(=O)OCc1ccc(Cl)cc1N([C@H](C)CCCS(=O)(=O)Cl)S(=O)(=O)c1ccc(Cl)cc1. The lowest BCUT2D eigenvalue weighted by Gasteiger charge is -2.32. The van der Waals surface area contributed by atoms with Crippen molar-refractivity contribution in [3.8, 4) is 0 Å². The van der Waals surface area contributed by atoms with Gasteiger partial charge in [0.05, 0.1) is 16.3 Å². The van der Waals surface area contributed by atoms with Crippen molar-refractivity contribution in [1.82, 2.24) is 0 Å². The number of nitrogens with zero attached hydrogens (tertiary/aromatic N) is 1. The molecular formula is C20H22Cl3NO6S2. The number of carbonyl (C=O) groups is 1. The molecule has 1 atom stereocenters. The average molecular weight is 543 g/mol. The van der Waals surface area contributed by atoms with E-state index in [0.29, 0.717) is 10.6 Å². The Morgan fingerprint density at radius 2 is 1.62 bits per heavy atom. The van der Waals surface area contributed by atoms with Gasteiger partial charge in [-0.2, -0.15) is 0 Å². The molecule has 0 aromatic heterocycles. The van der Waals surface area contributed by atoms with Gasteiger partial charge in [-0.15, -0.1) is 0 Å². The van der Waals surface area contributed by atoms with E-state index in [1.807, 2.05) is 0 Å². The molecule has 7 nitrogen and oxygen atoms in total. The van der Waals surface area contributed by atoms with E-state index in [-0.39, 0.29) is 40.8 Å². The van der Waals surface area contributed by atoms with Crippen LogP contribution in [0.15, 0.2) is 47.4 Å². The summed E-state index contributed by atoms with van der Waals surface area (Å²) in [6.07, 6.45) is 0.331. The molecule has 0 radical (unpaired) electrons. The van der Waals surface area contributed by atoms with E-state index in [2.05, 4.69) is 0 Å². The van der Waals surface area contributed by atoms with Gasteiger partial charge in [-0.25, -0.2) is 16.8 Å². The van der Waals surface area contributed by atoms with Crippen LogP contribution in [0.2, 0.25) is 10.0 Å². The molecule has 0 aliphatic heterocycles. The number of hydrogen-bond donors (Lipinski definition) is 0. The van der Waals surface area contributed by atoms with Gasteiger partial charge < -0.3 is 4.74 Å². The number of hydrogen-bond acceptors (Lipinski definition) is 6. The van der Waals surface area contributed by atoms with Crippen molar-refractivity contribution in [3.63, 3.8) is 0 Å². The molecule has 0 aliphatic rings. The monoisotopic (exact) mass is 541 g/mol. The van der Waals surface area contributed by atoms with Crippen molar-refractivity contribution in [2.75, 3.05) is 10.1 Å². The van der Waals surface area contributed by atoms with E-state index in [1.165, 1.54) is 37.3 Å². The summed E-state index contributed by atoms with van der Waals surface area (Å²) in [4.78, 5) is 11.3. The van der Waals surface area contributed by atoms with Gasteiger partial charge in [0, 0.05) is 39.3 Å². The molecule has 32 heavy (non-hydrogen) atoms. The molecule has 2 aromatic carbocycles. The second-order valence-corrected chi connectivity index (χ2v) is 12.6. The zero-order valence-corrected chi connectivity index (χ0v) is 21.2. The number of esters is 1. The topological polar surface area (TPSA) is 97.8 Å². The van der Waals surface area contributed by atoms with Crippen LogP contribution >= 0.6 is 33.9 Å². The Balaban J connectivity index is 2.57. The number of rotatable bonds is 10. The van der Waals surface area contributed by atoms with Crippen LogP contribution in [0, 0.1) is 0 Å². The summed E-state index contributed by atoms with van der Waals surface area (Å²) < 4.78 is 56.1. The molecule has 0 saturated carbocycles. The summed E-state index contributed by atoms with van der Waals surface area (Å²) in [5, 5.41) is 0.646. The third-order valence-corrected chi connectivity index (χ3v) is 8.17. The Labute approximate surface area is 202 Å². The highest BCUT2D eigenvalue weighted by Gasteiger charge is 2.31. The van der Waals surface area contributed by atoms with Crippen LogP contribution in [-0.2, 0) is 35.2 Å². The Morgan fingerprint density at radius 3 is 2.19 bits per heavy atom. The van der Waals surface area contributed by atoms with E-state index in [1.54, 1.807) is 19.1 Å². The van der Waals surface area contributed by atoms with Crippen LogP contribution < -0.4 is 4.31 Å². The van der Waals surface area contributed by atoms with E-state index in [4.69, 9.17) is 38.6 Å². The van der Waals surface area contributed by atoms with E-state index in [9.17, 15) is 21.6 Å². The van der Waals surface area contributed by atoms with Crippen LogP contribution in [-0.4, -0.2) is 34.6 Å². The molecule has 2 rings (SSSR count). The number of benzene rings is 2. The lowest BCUT2D eigenvalue weighted by molar-refractivity contribution is -0.142. The Kier molecular flexibility index (Phi) is 9.25. The van der Waals surface area contributed by atoms with Crippen LogP contribution in [0.5, 0.6) is 0 Å². The molecule has 0 saturated heterocycles. The predicted octanol–water partition coefficient (Wildman–Crippen LogP) is 4.99. The van der Waals surface area contributed by atoms with Crippen molar-refractivity contribution in [1.29, 1.82) is 0 Å². The molecular weight excluding hydrogens is 521 g/mol. The summed E-state index contributed by atoms with van der Waals surface area (Å²) in [5.74, 6) is -0.831. The number of halogens is 3. The smallest absolute Gasteiger partial charge is 0.302 e. The summed E-state index contributed by atoms with van der Waals surface area (Å²) in [7, 11) is -2.55. The van der Waals surface area contributed by atoms with Crippen molar-refractivity contribution in [2.24, 2.45) is 0 Å². The van der Waals surface area contributed by atoms with Crippen molar-refractivity contribution < 1.29 is 26.4 Å². The number of carbonyl (C=O) groups excluding carboxylic acids is 1. The Bertz CT molecular complexity index is 1170. The molecule has 0 bridgehead atoms. The second kappa shape index (κ2) is 11.1. The maximum Gasteiger partial charge on any atom is 0.302 e. The fourth-order valence-corrected chi connectivity index (χ4v) is 5.88. The molecule has 0 fully saturated rings. The van der Waals surface area contributed by atoms with Crippen molar-refractivity contribution >= 4 is 64.6 Å². The quantitative estimate of drug-likeness (QED) is 0.310. The number of anilines is 1. The standard InChI is InChI=1S/C20H22Cl3NO6S2/c1-14(4-3-11-31(23,26)27)24(32(28,29)19-9-7-17(21)8-10-19)20-12-18(22)6-5-16(20)13-30-15(2)25/h5-10,12,14H,3-4,11,13H2,1-2H3/t14-/m1/s1. The first-order valence-corrected chi connectivity index (χ1v) is 14.1. The van der Waals surface area contributed by atoms with Gasteiger partial charge in [0.1, 0.15) is 6.61 Å². The molecule has 0 amide bonds. The van der Waals surface area contributed by atoms with Gasteiger partial charge in [0.15, 0.2) is 0 Å². The fourth-order valence-electron chi connectivity index (χ4n) is 3.04. The first-order chi connectivity index (χ1) is 14.8. The Morgan fingerprint density at radius 1 is 1.03 bits per heavy atom. The van der Waals surface area contributed by atoms with Crippen molar-refractivity contribution in [2.45, 2.75) is 44.2 Å². The molecule has 0 N–H and O–H groups in total. The van der Waals surface area contributed by atoms with E-state index in [0.717, 1.165) is 4.31 Å². The highest BCUT2D eigenvalue weighted by atomic mass is 35.7. The third-order valence-electron chi connectivity index (χ3n) is 4.50. The summed E-state index contributed by atoms with van der Waals surface area (Å²) in [6.45, 7) is 2.72. The fraction of sp³-hybridized carbons (Fsp3) is 0.350. The largest absolute Gasteiger partial charge is 0.461 e. The van der Waals surface area contributed by atoms with Crippen LogP contribution in [0.4, 0.5) is 5.69 Å². The molecule has 0 unspecified atom stereocenters. The molecule has 0 aliphatic carbocycles. The summed E-state index contributed by atoms with van der Waals surface area (Å²) >= 11 is 12.1. The van der Waals surface area contributed by atoms with Gasteiger partial charge in [-0.3, -0.25) is 9.10 Å². The average Bonchev–Trinajstić information content (AvgIpc) is 2.66. The maximum atomic E-state index is 13.6. The first kappa shape index (κ1) is 26.7. The normalized spacial score (nSPS) is 12.9. The minimum Gasteiger partial charge on any atom is -0.461 e. The van der Waals surface area contributed by atoms with Crippen LogP contribution in [0.1, 0.15) is 32.3 Å². The molecule has 12 heteroatoms. The van der Waals surface area contributed by atoms with Crippen molar-refractivity contribution in [3.05, 3.63) is 58.1 Å². The minimum atomic E-state index is -4.12. The zero-order valence-electron chi connectivity index (χ0n) is 17.3. The van der Waals surface area contributed by atoms with Gasteiger partial charge in [0.25, 0.3) is 10.0 Å². The van der Waals surface area contributed by atoms with Gasteiger partial charge in [-0.05, 0) is 56.2 Å². The summed E-state index contributed by atoms with van der Waals surface area (Å²) in [6, 6.07) is 9.56. The molecule has 0 spiro atoms. The first-order valence-electron chi connectivity index (χ1n) is 9.45. The predicted molar refractivity (Wildman–Crippen MR) is 126 cm³/mol. The third kappa shape index (κ3) is 7.52. The molecule has 0 heterocycles. The highest BCUT2D eigenvalue weighted by Crippen LogP contribution is 2.34. The van der Waals surface area contributed by atoms with Crippen LogP contribution in [0.25, 0.3) is 0 Å². The van der Waals surface area contributed by atoms with Gasteiger partial charge in [0.2, 0.25) is 9.05 Å². The molecule has 176 valence electrons. The van der Waals surface area contributed by atoms with E-state index >= 15 is 0 Å². The lowest BCUT2D eigenvalue weighted by atomic mass is 10.1. The zero-order chi connectivity index (χ0) is 24.1. The Hall–Kier alpha value is -1.52. The maximum absolute atomic E-state index is 13.6. The number of sulfonamides is 1. The minimum absolute atomic E-state index is 0.0165. The lowest BCUT2D eigenvalue weighted by Crippen LogP contribution is -2.39. The van der Waals surface area contributed by atoms with Gasteiger partial charge >= 0.3 is 5.97 Å². The van der Waals surface area contributed by atoms with Crippen LogP contribution in [0.3, 0.4) is 0 Å². The second-order valence-electron chi connectivity index (χ2n) is 7.04. The van der Waals surface area contributed by atoms with E-state index < -0.39 is 31.1 Å². The highest BCUT2D eigenvalue weighted by molar-refractivity contribution is 8.13. The molecule has 2 aromatic rings. The number of ether oxygens (including phenoxy) is 1. The van der Waals surface area contributed by atoms with Gasteiger partial charge in [-0.1, -0.05) is 29.3 Å². The summed E-state index contributed by atoms with van der Waals surface area (Å²) in [5.41, 5.74) is 0.633.